The van der Waals surface area contributed by atoms with Crippen LogP contribution in [-0.2, 0) is 6.54 Å². The van der Waals surface area contributed by atoms with E-state index in [0.717, 1.165) is 11.6 Å². The van der Waals surface area contributed by atoms with E-state index in [1.807, 2.05) is 6.07 Å². The molecule has 18 heavy (non-hydrogen) atoms. The largest absolute Gasteiger partial charge is 0.317 e. The zero-order chi connectivity index (χ0) is 11.7. The first kappa shape index (κ1) is 14.6. The van der Waals surface area contributed by atoms with Crippen molar-refractivity contribution in [3.63, 3.8) is 0 Å². The SMILES string of the molecule is Cl.Clc1ccsc1CN1CCC2(CCNCC2)C1. The van der Waals surface area contributed by atoms with Gasteiger partial charge < -0.3 is 5.32 Å². The maximum absolute atomic E-state index is 6.17. The average molecular weight is 307 g/mol. The van der Waals surface area contributed by atoms with Gasteiger partial charge in [-0.25, -0.2) is 0 Å². The molecule has 2 saturated heterocycles. The second kappa shape index (κ2) is 6.10. The number of nitrogens with zero attached hydrogens (tertiary/aromatic N) is 1. The van der Waals surface area contributed by atoms with Gasteiger partial charge in [0.1, 0.15) is 0 Å². The van der Waals surface area contributed by atoms with Gasteiger partial charge in [-0.2, -0.15) is 0 Å². The summed E-state index contributed by atoms with van der Waals surface area (Å²) in [5, 5.41) is 6.50. The molecule has 0 atom stereocenters. The molecule has 2 aliphatic rings. The molecule has 2 nitrogen and oxygen atoms in total. The number of thiophene rings is 1. The number of piperidine rings is 1. The molecule has 0 unspecified atom stereocenters. The minimum atomic E-state index is 0. The minimum Gasteiger partial charge on any atom is -0.317 e. The number of hydrogen-bond acceptors (Lipinski definition) is 3. The Balaban J connectivity index is 0.00000120. The van der Waals surface area contributed by atoms with E-state index in [-0.39, 0.29) is 12.4 Å². The van der Waals surface area contributed by atoms with E-state index in [9.17, 15) is 0 Å². The lowest BCUT2D eigenvalue weighted by atomic mass is 9.78. The molecular weight excluding hydrogens is 287 g/mol. The van der Waals surface area contributed by atoms with Crippen molar-refractivity contribution >= 4 is 35.3 Å². The molecule has 1 aromatic heterocycles. The first-order valence-corrected chi connectivity index (χ1v) is 7.68. The molecule has 102 valence electrons. The van der Waals surface area contributed by atoms with E-state index in [2.05, 4.69) is 15.6 Å². The van der Waals surface area contributed by atoms with E-state index in [4.69, 9.17) is 11.6 Å². The van der Waals surface area contributed by atoms with Gasteiger partial charge in [0.2, 0.25) is 0 Å². The highest BCUT2D eigenvalue weighted by atomic mass is 35.5. The first-order valence-electron chi connectivity index (χ1n) is 6.42. The number of halogens is 2. The summed E-state index contributed by atoms with van der Waals surface area (Å²) < 4.78 is 0. The van der Waals surface area contributed by atoms with Gasteiger partial charge in [0, 0.05) is 18.0 Å². The van der Waals surface area contributed by atoms with Crippen LogP contribution in [0.2, 0.25) is 5.02 Å². The van der Waals surface area contributed by atoms with Gasteiger partial charge in [-0.1, -0.05) is 11.6 Å². The normalized spacial score (nSPS) is 23.2. The summed E-state index contributed by atoms with van der Waals surface area (Å²) in [6.45, 7) is 5.96. The van der Waals surface area contributed by atoms with E-state index in [1.54, 1.807) is 11.3 Å². The van der Waals surface area contributed by atoms with Crippen molar-refractivity contribution in [3.8, 4) is 0 Å². The number of likely N-dealkylation sites (tertiary alicyclic amines) is 1. The van der Waals surface area contributed by atoms with Crippen LogP contribution in [0.25, 0.3) is 0 Å². The van der Waals surface area contributed by atoms with Crippen molar-refractivity contribution < 1.29 is 0 Å². The van der Waals surface area contributed by atoms with Crippen LogP contribution in [0.15, 0.2) is 11.4 Å². The molecule has 5 heteroatoms. The molecule has 3 rings (SSSR count). The Morgan fingerprint density at radius 1 is 1.33 bits per heavy atom. The second-order valence-electron chi connectivity index (χ2n) is 5.40. The summed E-state index contributed by atoms with van der Waals surface area (Å²) in [5.41, 5.74) is 0.606. The monoisotopic (exact) mass is 306 g/mol. The summed E-state index contributed by atoms with van der Waals surface area (Å²) in [5.74, 6) is 0. The van der Waals surface area contributed by atoms with Crippen molar-refractivity contribution in [2.75, 3.05) is 26.2 Å². The molecule has 0 bridgehead atoms. The smallest absolute Gasteiger partial charge is 0.0558 e. The van der Waals surface area contributed by atoms with Crippen LogP contribution in [0.4, 0.5) is 0 Å². The first-order chi connectivity index (χ1) is 8.27. The third kappa shape index (κ3) is 3.02. The molecule has 0 amide bonds. The highest BCUT2D eigenvalue weighted by Crippen LogP contribution is 2.39. The van der Waals surface area contributed by atoms with Crippen molar-refractivity contribution in [3.05, 3.63) is 21.3 Å². The van der Waals surface area contributed by atoms with Crippen molar-refractivity contribution in [2.24, 2.45) is 5.41 Å². The Bertz CT molecular complexity index is 388. The highest BCUT2D eigenvalue weighted by molar-refractivity contribution is 7.10. The van der Waals surface area contributed by atoms with Crippen LogP contribution in [0, 0.1) is 5.41 Å². The predicted molar refractivity (Wildman–Crippen MR) is 81.0 cm³/mol. The Morgan fingerprint density at radius 3 is 2.78 bits per heavy atom. The summed E-state index contributed by atoms with van der Waals surface area (Å²) in [6.07, 6.45) is 4.07. The van der Waals surface area contributed by atoms with E-state index in [1.165, 1.54) is 50.3 Å². The zero-order valence-corrected chi connectivity index (χ0v) is 12.8. The molecule has 1 spiro atoms. The van der Waals surface area contributed by atoms with Gasteiger partial charge in [-0.15, -0.1) is 23.7 Å². The Morgan fingerprint density at radius 2 is 2.11 bits per heavy atom. The van der Waals surface area contributed by atoms with E-state index >= 15 is 0 Å². The summed E-state index contributed by atoms with van der Waals surface area (Å²) >= 11 is 7.95. The summed E-state index contributed by atoms with van der Waals surface area (Å²) in [6, 6.07) is 2.01. The molecule has 2 aliphatic heterocycles. The van der Waals surface area contributed by atoms with Crippen LogP contribution < -0.4 is 5.32 Å². The van der Waals surface area contributed by atoms with Gasteiger partial charge in [0.15, 0.2) is 0 Å². The lowest BCUT2D eigenvalue weighted by Gasteiger charge is -2.33. The third-order valence-electron chi connectivity index (χ3n) is 4.24. The standard InChI is InChI=1S/C13H19ClN2S.ClH/c14-11-1-8-17-12(11)9-16-7-4-13(10-16)2-5-15-6-3-13;/h1,8,15H,2-7,9-10H2;1H. The summed E-state index contributed by atoms with van der Waals surface area (Å²) in [4.78, 5) is 3.92. The van der Waals surface area contributed by atoms with Crippen LogP contribution in [0.3, 0.4) is 0 Å². The van der Waals surface area contributed by atoms with Gasteiger partial charge in [0.05, 0.1) is 5.02 Å². The fourth-order valence-electron chi connectivity index (χ4n) is 3.17. The molecule has 0 aliphatic carbocycles. The number of hydrogen-bond donors (Lipinski definition) is 1. The lowest BCUT2D eigenvalue weighted by Crippen LogP contribution is -2.38. The Labute approximate surface area is 124 Å². The molecule has 0 radical (unpaired) electrons. The third-order valence-corrected chi connectivity index (χ3v) is 5.61. The molecule has 0 aromatic carbocycles. The van der Waals surface area contributed by atoms with Crippen LogP contribution in [-0.4, -0.2) is 31.1 Å². The Kier molecular flexibility index (Phi) is 4.95. The number of rotatable bonds is 2. The number of nitrogens with one attached hydrogen (secondary N) is 1. The van der Waals surface area contributed by atoms with Gasteiger partial charge in [0.25, 0.3) is 0 Å². The van der Waals surface area contributed by atoms with Crippen LogP contribution >= 0.6 is 35.3 Å². The maximum atomic E-state index is 6.17. The van der Waals surface area contributed by atoms with Gasteiger partial charge in [-0.3, -0.25) is 4.90 Å². The molecule has 1 N–H and O–H groups in total. The molecule has 3 heterocycles. The second-order valence-corrected chi connectivity index (χ2v) is 6.81. The van der Waals surface area contributed by atoms with Gasteiger partial charge in [-0.05, 0) is 55.8 Å². The van der Waals surface area contributed by atoms with Gasteiger partial charge >= 0.3 is 0 Å². The lowest BCUT2D eigenvalue weighted by molar-refractivity contribution is 0.194. The molecule has 2 fully saturated rings. The fourth-order valence-corrected chi connectivity index (χ4v) is 4.31. The fraction of sp³-hybridized carbons (Fsp3) is 0.692. The average Bonchev–Trinajstić information content (AvgIpc) is 2.90. The Hall–Kier alpha value is 0.200. The maximum Gasteiger partial charge on any atom is 0.0558 e. The van der Waals surface area contributed by atoms with Crippen molar-refractivity contribution in [2.45, 2.75) is 25.8 Å². The van der Waals surface area contributed by atoms with Crippen LogP contribution in [0.5, 0.6) is 0 Å². The van der Waals surface area contributed by atoms with E-state index in [0.29, 0.717) is 5.41 Å². The zero-order valence-electron chi connectivity index (χ0n) is 10.5. The van der Waals surface area contributed by atoms with Crippen molar-refractivity contribution in [1.82, 2.24) is 10.2 Å². The van der Waals surface area contributed by atoms with Crippen LogP contribution in [0.1, 0.15) is 24.1 Å². The summed E-state index contributed by atoms with van der Waals surface area (Å²) in [7, 11) is 0. The topological polar surface area (TPSA) is 15.3 Å². The minimum absolute atomic E-state index is 0. The van der Waals surface area contributed by atoms with Crippen molar-refractivity contribution in [1.29, 1.82) is 0 Å². The van der Waals surface area contributed by atoms with E-state index < -0.39 is 0 Å². The predicted octanol–water partition coefficient (Wildman–Crippen LogP) is 3.40. The quantitative estimate of drug-likeness (QED) is 0.901. The molecule has 1 aromatic rings. The highest BCUT2D eigenvalue weighted by Gasteiger charge is 2.38. The molecule has 0 saturated carbocycles. The molecular formula is C13H20Cl2N2S.